The smallest absolute Gasteiger partial charge is 0.184 e. The third-order valence-electron chi connectivity index (χ3n) is 4.29. The molecule has 1 radical (unpaired) electrons. The molecule has 1 aliphatic carbocycles. The van der Waals surface area contributed by atoms with E-state index in [9.17, 15) is 8.42 Å². The van der Waals surface area contributed by atoms with E-state index >= 15 is 0 Å². The minimum Gasteiger partial charge on any atom is -0.223 e. The van der Waals surface area contributed by atoms with Crippen LogP contribution in [0.2, 0.25) is 0 Å². The van der Waals surface area contributed by atoms with Gasteiger partial charge in [-0.2, -0.15) is 0 Å². The zero-order valence-electron chi connectivity index (χ0n) is 11.7. The molecule has 2 nitrogen and oxygen atoms in total. The van der Waals surface area contributed by atoms with Crippen molar-refractivity contribution in [3.05, 3.63) is 30.3 Å². The molecular weight excluding hydrogens is 256 g/mol. The van der Waals surface area contributed by atoms with Crippen molar-refractivity contribution in [3.63, 3.8) is 0 Å². The Morgan fingerprint density at radius 3 is 2.53 bits per heavy atom. The van der Waals surface area contributed by atoms with Gasteiger partial charge in [-0.25, -0.2) is 8.42 Å². The first kappa shape index (κ1) is 14.6. The maximum Gasteiger partial charge on any atom is 0.184 e. The minimum absolute atomic E-state index is 0.382. The lowest BCUT2D eigenvalue weighted by atomic mass is 9.85. The van der Waals surface area contributed by atoms with Gasteiger partial charge in [0.2, 0.25) is 0 Å². The fourth-order valence-electron chi connectivity index (χ4n) is 3.13. The highest BCUT2D eigenvalue weighted by molar-refractivity contribution is 7.92. The summed E-state index contributed by atoms with van der Waals surface area (Å²) in [5.74, 6) is 0. The third-order valence-corrected chi connectivity index (χ3v) is 6.88. The van der Waals surface area contributed by atoms with Crippen LogP contribution in [0.5, 0.6) is 0 Å². The molecular formula is C16H23O2S. The molecule has 1 aliphatic rings. The van der Waals surface area contributed by atoms with Crippen molar-refractivity contribution in [1.29, 1.82) is 0 Å². The van der Waals surface area contributed by atoms with E-state index in [-0.39, 0.29) is 0 Å². The first-order valence-corrected chi connectivity index (χ1v) is 8.82. The fraction of sp³-hybridized carbons (Fsp3) is 0.625. The molecule has 105 valence electrons. The lowest BCUT2D eigenvalue weighted by Crippen LogP contribution is -2.40. The van der Waals surface area contributed by atoms with Crippen LogP contribution in [0.25, 0.3) is 0 Å². The third kappa shape index (κ3) is 2.86. The first-order chi connectivity index (χ1) is 9.12. The Kier molecular flexibility index (Phi) is 4.67. The lowest BCUT2D eigenvalue weighted by molar-refractivity contribution is 0.347. The van der Waals surface area contributed by atoms with Crippen LogP contribution in [-0.4, -0.2) is 13.2 Å². The molecule has 1 aromatic carbocycles. The predicted molar refractivity (Wildman–Crippen MR) is 77.8 cm³/mol. The van der Waals surface area contributed by atoms with Crippen molar-refractivity contribution < 1.29 is 8.42 Å². The summed E-state index contributed by atoms with van der Waals surface area (Å²) in [5.41, 5.74) is 0. The molecule has 0 spiro atoms. The topological polar surface area (TPSA) is 34.1 Å². The Morgan fingerprint density at radius 1 is 1.21 bits per heavy atom. The van der Waals surface area contributed by atoms with Gasteiger partial charge in [0, 0.05) is 6.07 Å². The van der Waals surface area contributed by atoms with Gasteiger partial charge in [0.1, 0.15) is 0 Å². The molecule has 3 heteroatoms. The largest absolute Gasteiger partial charge is 0.223 e. The minimum atomic E-state index is -3.25. The van der Waals surface area contributed by atoms with E-state index in [1.807, 2.05) is 6.07 Å². The van der Waals surface area contributed by atoms with Crippen molar-refractivity contribution in [3.8, 4) is 0 Å². The summed E-state index contributed by atoms with van der Waals surface area (Å²) in [6.07, 6.45) is 7.72. The van der Waals surface area contributed by atoms with Gasteiger partial charge in [-0.05, 0) is 25.3 Å². The van der Waals surface area contributed by atoms with Crippen LogP contribution in [0, 0.1) is 6.07 Å². The summed E-state index contributed by atoms with van der Waals surface area (Å²) >= 11 is 0. The number of unbranched alkanes of at least 4 members (excludes halogenated alkanes) is 1. The van der Waals surface area contributed by atoms with Gasteiger partial charge < -0.3 is 0 Å². The molecule has 0 N–H and O–H groups in total. The first-order valence-electron chi connectivity index (χ1n) is 7.34. The van der Waals surface area contributed by atoms with E-state index in [1.54, 1.807) is 18.2 Å². The van der Waals surface area contributed by atoms with Crippen LogP contribution in [0.3, 0.4) is 0 Å². The molecule has 0 unspecified atom stereocenters. The average molecular weight is 279 g/mol. The number of sulfone groups is 1. The number of benzene rings is 1. The second-order valence-corrected chi connectivity index (χ2v) is 7.89. The molecule has 1 fully saturated rings. The van der Waals surface area contributed by atoms with Crippen molar-refractivity contribution >= 4 is 9.84 Å². The van der Waals surface area contributed by atoms with E-state index in [0.29, 0.717) is 4.90 Å². The highest BCUT2D eigenvalue weighted by atomic mass is 32.2. The van der Waals surface area contributed by atoms with Crippen molar-refractivity contribution in [2.75, 3.05) is 0 Å². The molecule has 1 saturated carbocycles. The van der Waals surface area contributed by atoms with E-state index < -0.39 is 14.6 Å². The summed E-state index contributed by atoms with van der Waals surface area (Å²) in [6, 6.07) is 9.92. The number of hydrogen-bond acceptors (Lipinski definition) is 2. The van der Waals surface area contributed by atoms with Crippen LogP contribution in [0.1, 0.15) is 58.3 Å². The highest BCUT2D eigenvalue weighted by Crippen LogP contribution is 2.42. The van der Waals surface area contributed by atoms with Gasteiger partial charge in [-0.15, -0.1) is 0 Å². The number of rotatable bonds is 5. The van der Waals surface area contributed by atoms with Gasteiger partial charge in [-0.1, -0.05) is 57.2 Å². The summed E-state index contributed by atoms with van der Waals surface area (Å²) < 4.78 is 25.4. The van der Waals surface area contributed by atoms with Crippen LogP contribution >= 0.6 is 0 Å². The lowest BCUT2D eigenvalue weighted by Gasteiger charge is -2.36. The van der Waals surface area contributed by atoms with Gasteiger partial charge in [0.25, 0.3) is 0 Å². The summed E-state index contributed by atoms with van der Waals surface area (Å²) in [6.45, 7) is 2.12. The van der Waals surface area contributed by atoms with Crippen LogP contribution in [0.15, 0.2) is 29.2 Å². The van der Waals surface area contributed by atoms with E-state index in [4.69, 9.17) is 0 Å². The molecule has 0 bridgehead atoms. The second kappa shape index (κ2) is 6.08. The Balaban J connectivity index is 2.37. The van der Waals surface area contributed by atoms with E-state index in [1.165, 1.54) is 6.42 Å². The standard InChI is InChI=1S/C16H23O2S/c1-2-3-12-16(13-8-5-9-14-16)19(17,18)15-10-6-4-7-11-15/h4,6-7,10H,2-3,5,8-9,12-14H2,1H3. The molecule has 0 aromatic heterocycles. The summed E-state index contributed by atoms with van der Waals surface area (Å²) in [5, 5.41) is 0. The van der Waals surface area contributed by atoms with Gasteiger partial charge >= 0.3 is 0 Å². The molecule has 2 rings (SSSR count). The zero-order chi connectivity index (χ0) is 13.8. The molecule has 0 amide bonds. The molecule has 1 aromatic rings. The Morgan fingerprint density at radius 2 is 1.95 bits per heavy atom. The van der Waals surface area contributed by atoms with E-state index in [0.717, 1.165) is 44.9 Å². The van der Waals surface area contributed by atoms with Crippen LogP contribution in [-0.2, 0) is 9.84 Å². The van der Waals surface area contributed by atoms with Crippen LogP contribution in [0.4, 0.5) is 0 Å². The van der Waals surface area contributed by atoms with Crippen LogP contribution < -0.4 is 0 Å². The number of hydrogen-bond donors (Lipinski definition) is 0. The predicted octanol–water partition coefficient (Wildman–Crippen LogP) is 4.15. The highest BCUT2D eigenvalue weighted by Gasteiger charge is 2.44. The average Bonchev–Trinajstić information content (AvgIpc) is 2.47. The molecule has 0 aliphatic heterocycles. The second-order valence-electron chi connectivity index (χ2n) is 5.58. The SMILES string of the molecule is CCCCC1(S(=O)(=O)c2[c]cccc2)CCCCC1. The Bertz CT molecular complexity index is 485. The maximum atomic E-state index is 13.0. The van der Waals surface area contributed by atoms with Gasteiger partial charge in [0.05, 0.1) is 9.64 Å². The monoisotopic (exact) mass is 279 g/mol. The fourth-order valence-corrected chi connectivity index (χ4v) is 5.31. The van der Waals surface area contributed by atoms with E-state index in [2.05, 4.69) is 13.0 Å². The quantitative estimate of drug-likeness (QED) is 0.811. The normalized spacial score (nSPS) is 19.2. The summed E-state index contributed by atoms with van der Waals surface area (Å²) in [7, 11) is -3.25. The van der Waals surface area contributed by atoms with Crippen molar-refractivity contribution in [1.82, 2.24) is 0 Å². The van der Waals surface area contributed by atoms with Gasteiger partial charge in [0.15, 0.2) is 9.84 Å². The molecule has 19 heavy (non-hydrogen) atoms. The molecule has 0 heterocycles. The molecule has 0 atom stereocenters. The molecule has 0 saturated heterocycles. The summed E-state index contributed by atoms with van der Waals surface area (Å²) in [4.78, 5) is 0.382. The Labute approximate surface area is 117 Å². The van der Waals surface area contributed by atoms with Crippen molar-refractivity contribution in [2.45, 2.75) is 67.9 Å². The van der Waals surface area contributed by atoms with Crippen molar-refractivity contribution in [2.24, 2.45) is 0 Å². The zero-order valence-corrected chi connectivity index (χ0v) is 12.5. The Hall–Kier alpha value is -0.830. The maximum absolute atomic E-state index is 13.0. The van der Waals surface area contributed by atoms with Gasteiger partial charge in [-0.3, -0.25) is 0 Å².